The Balaban J connectivity index is 1.64. The highest BCUT2D eigenvalue weighted by Gasteiger charge is 2.17. The van der Waals surface area contributed by atoms with Gasteiger partial charge in [0.15, 0.2) is 0 Å². The highest BCUT2D eigenvalue weighted by atomic mass is 16.3. The van der Waals surface area contributed by atoms with Crippen LogP contribution in [0.3, 0.4) is 0 Å². The van der Waals surface area contributed by atoms with Gasteiger partial charge in [-0.3, -0.25) is 0 Å². The summed E-state index contributed by atoms with van der Waals surface area (Å²) in [4.78, 5) is 0. The first kappa shape index (κ1) is 19.1. The lowest BCUT2D eigenvalue weighted by atomic mass is 9.85. The number of rotatable bonds is 2. The molecule has 0 aliphatic rings. The van der Waals surface area contributed by atoms with Gasteiger partial charge in [-0.25, -0.2) is 0 Å². The van der Waals surface area contributed by atoms with Gasteiger partial charge >= 0.3 is 0 Å². The fourth-order valence-corrected chi connectivity index (χ4v) is 5.40. The minimum Gasteiger partial charge on any atom is -0.456 e. The summed E-state index contributed by atoms with van der Waals surface area (Å²) in [7, 11) is 0. The molecule has 0 amide bonds. The van der Waals surface area contributed by atoms with Gasteiger partial charge in [0.1, 0.15) is 11.2 Å². The van der Waals surface area contributed by atoms with E-state index >= 15 is 0 Å². The number of hydrogen-bond acceptors (Lipinski definition) is 1. The van der Waals surface area contributed by atoms with Crippen molar-refractivity contribution < 1.29 is 4.42 Å². The van der Waals surface area contributed by atoms with E-state index < -0.39 is 0 Å². The summed E-state index contributed by atoms with van der Waals surface area (Å²) in [6.45, 7) is 2.17. The molecule has 1 heteroatoms. The van der Waals surface area contributed by atoms with E-state index in [1.807, 2.05) is 12.1 Å². The van der Waals surface area contributed by atoms with Gasteiger partial charge in [0, 0.05) is 10.8 Å². The molecule has 0 N–H and O–H groups in total. The summed E-state index contributed by atoms with van der Waals surface area (Å²) in [5, 5.41) is 7.42. The van der Waals surface area contributed by atoms with Crippen molar-refractivity contribution in [1.29, 1.82) is 0 Å². The minimum absolute atomic E-state index is 0.926. The average Bonchev–Trinajstić information content (AvgIpc) is 3.25. The monoisotopic (exact) mass is 434 g/mol. The van der Waals surface area contributed by atoms with Crippen LogP contribution in [0.4, 0.5) is 0 Å². The molecule has 7 rings (SSSR count). The van der Waals surface area contributed by atoms with Crippen molar-refractivity contribution in [3.05, 3.63) is 121 Å². The van der Waals surface area contributed by atoms with Crippen LogP contribution in [0, 0.1) is 6.92 Å². The van der Waals surface area contributed by atoms with Crippen molar-refractivity contribution in [1.82, 2.24) is 0 Å². The summed E-state index contributed by atoms with van der Waals surface area (Å²) in [5.41, 5.74) is 8.16. The van der Waals surface area contributed by atoms with Crippen LogP contribution in [0.25, 0.3) is 65.7 Å². The standard InChI is InChI=1S/C33H22O/c1-21-15-17-27-29(19-21)32(22-9-3-2-4-10-22)25-12-5-6-13-26(25)33(27)23-16-18-31-28(20-23)24-11-7-8-14-30(24)34-31/h2-20H,1H3. The van der Waals surface area contributed by atoms with Gasteiger partial charge in [0.05, 0.1) is 0 Å². The van der Waals surface area contributed by atoms with E-state index in [0.29, 0.717) is 0 Å². The molecule has 0 saturated heterocycles. The topological polar surface area (TPSA) is 13.1 Å². The molecule has 160 valence electrons. The normalized spacial score (nSPS) is 11.7. The smallest absolute Gasteiger partial charge is 0.135 e. The zero-order valence-electron chi connectivity index (χ0n) is 18.9. The average molecular weight is 435 g/mol. The van der Waals surface area contributed by atoms with Gasteiger partial charge in [-0.15, -0.1) is 0 Å². The maximum absolute atomic E-state index is 6.11. The van der Waals surface area contributed by atoms with Crippen molar-refractivity contribution in [2.75, 3.05) is 0 Å². The lowest BCUT2D eigenvalue weighted by molar-refractivity contribution is 0.669. The second kappa shape index (κ2) is 7.33. The largest absolute Gasteiger partial charge is 0.456 e. The molecule has 0 spiro atoms. The van der Waals surface area contributed by atoms with Crippen LogP contribution < -0.4 is 0 Å². The lowest BCUT2D eigenvalue weighted by Gasteiger charge is -2.18. The zero-order chi connectivity index (χ0) is 22.6. The number of para-hydroxylation sites is 1. The first-order valence-corrected chi connectivity index (χ1v) is 11.7. The van der Waals surface area contributed by atoms with Crippen LogP contribution in [0.15, 0.2) is 120 Å². The summed E-state index contributed by atoms with van der Waals surface area (Å²) in [6, 6.07) is 41.3. The molecule has 6 aromatic carbocycles. The molecule has 1 heterocycles. The molecule has 0 fully saturated rings. The van der Waals surface area contributed by atoms with E-state index in [-0.39, 0.29) is 0 Å². The fourth-order valence-electron chi connectivity index (χ4n) is 5.40. The highest BCUT2D eigenvalue weighted by molar-refractivity contribution is 6.22. The maximum atomic E-state index is 6.11. The Kier molecular flexibility index (Phi) is 4.13. The molecule has 1 nitrogen and oxygen atoms in total. The van der Waals surface area contributed by atoms with Crippen LogP contribution in [0.1, 0.15) is 5.56 Å². The Morgan fingerprint density at radius 1 is 0.412 bits per heavy atom. The summed E-state index contributed by atoms with van der Waals surface area (Å²) < 4.78 is 6.11. The van der Waals surface area contributed by atoms with Gasteiger partial charge in [0.25, 0.3) is 0 Å². The zero-order valence-corrected chi connectivity index (χ0v) is 18.9. The molecule has 7 aromatic rings. The summed E-state index contributed by atoms with van der Waals surface area (Å²) in [6.07, 6.45) is 0. The van der Waals surface area contributed by atoms with E-state index in [0.717, 1.165) is 21.9 Å². The van der Waals surface area contributed by atoms with E-state index in [1.54, 1.807) is 0 Å². The quantitative estimate of drug-likeness (QED) is 0.247. The van der Waals surface area contributed by atoms with Gasteiger partial charge in [-0.1, -0.05) is 103 Å². The lowest BCUT2D eigenvalue weighted by Crippen LogP contribution is -1.91. The Bertz CT molecular complexity index is 1860. The Hall–Kier alpha value is -4.36. The number of hydrogen-bond donors (Lipinski definition) is 0. The third kappa shape index (κ3) is 2.80. The van der Waals surface area contributed by atoms with E-state index in [9.17, 15) is 0 Å². The molecule has 34 heavy (non-hydrogen) atoms. The molecule has 0 unspecified atom stereocenters. The molecule has 0 saturated carbocycles. The van der Waals surface area contributed by atoms with Gasteiger partial charge < -0.3 is 4.42 Å². The first-order chi connectivity index (χ1) is 16.8. The molecule has 0 atom stereocenters. The number of benzene rings is 6. The first-order valence-electron chi connectivity index (χ1n) is 11.7. The van der Waals surface area contributed by atoms with Crippen molar-refractivity contribution in [2.45, 2.75) is 6.92 Å². The predicted molar refractivity (Wildman–Crippen MR) is 144 cm³/mol. The van der Waals surface area contributed by atoms with Crippen LogP contribution in [0.2, 0.25) is 0 Å². The van der Waals surface area contributed by atoms with Crippen molar-refractivity contribution >= 4 is 43.5 Å². The number of fused-ring (bicyclic) bond motifs is 5. The molecule has 0 aliphatic carbocycles. The van der Waals surface area contributed by atoms with E-state index in [4.69, 9.17) is 4.42 Å². The molecule has 0 radical (unpaired) electrons. The molecule has 0 bridgehead atoms. The molecular weight excluding hydrogens is 412 g/mol. The SMILES string of the molecule is Cc1ccc2c(-c3ccc4oc5ccccc5c4c3)c3ccccc3c(-c3ccccc3)c2c1. The highest BCUT2D eigenvalue weighted by Crippen LogP contribution is 2.44. The van der Waals surface area contributed by atoms with Crippen molar-refractivity contribution in [2.24, 2.45) is 0 Å². The Labute approximate surface area is 197 Å². The second-order valence-electron chi connectivity index (χ2n) is 9.02. The van der Waals surface area contributed by atoms with E-state index in [1.165, 1.54) is 49.4 Å². The molecule has 1 aromatic heterocycles. The predicted octanol–water partition coefficient (Wildman–Crippen LogP) is 9.53. The third-order valence-electron chi connectivity index (χ3n) is 6.91. The molecule has 0 aliphatic heterocycles. The Morgan fingerprint density at radius 2 is 1.03 bits per heavy atom. The van der Waals surface area contributed by atoms with Crippen LogP contribution in [-0.4, -0.2) is 0 Å². The molecular formula is C33H22O. The minimum atomic E-state index is 0.926. The van der Waals surface area contributed by atoms with Gasteiger partial charge in [-0.05, 0) is 68.9 Å². The summed E-state index contributed by atoms with van der Waals surface area (Å²) in [5.74, 6) is 0. The van der Waals surface area contributed by atoms with Crippen LogP contribution >= 0.6 is 0 Å². The Morgan fingerprint density at radius 3 is 1.82 bits per heavy atom. The fraction of sp³-hybridized carbons (Fsp3) is 0.0303. The number of aryl methyl sites for hydroxylation is 1. The van der Waals surface area contributed by atoms with Crippen molar-refractivity contribution in [3.8, 4) is 22.3 Å². The van der Waals surface area contributed by atoms with Gasteiger partial charge in [0.2, 0.25) is 0 Å². The van der Waals surface area contributed by atoms with Crippen molar-refractivity contribution in [3.63, 3.8) is 0 Å². The summed E-state index contributed by atoms with van der Waals surface area (Å²) >= 11 is 0. The van der Waals surface area contributed by atoms with Crippen LogP contribution in [0.5, 0.6) is 0 Å². The van der Waals surface area contributed by atoms with Gasteiger partial charge in [-0.2, -0.15) is 0 Å². The second-order valence-corrected chi connectivity index (χ2v) is 9.02. The maximum Gasteiger partial charge on any atom is 0.135 e. The van der Waals surface area contributed by atoms with E-state index in [2.05, 4.69) is 110 Å². The number of furan rings is 1. The third-order valence-corrected chi connectivity index (χ3v) is 6.91. The van der Waals surface area contributed by atoms with Crippen LogP contribution in [-0.2, 0) is 0 Å².